The number of ether oxygens (including phenoxy) is 2. The Morgan fingerprint density at radius 1 is 1.15 bits per heavy atom. The maximum atomic E-state index is 12.2. The summed E-state index contributed by atoms with van der Waals surface area (Å²) in [7, 11) is 1.59. The van der Waals surface area contributed by atoms with Crippen molar-refractivity contribution in [3.05, 3.63) is 59.7 Å². The Balaban J connectivity index is 1.68. The van der Waals surface area contributed by atoms with Crippen molar-refractivity contribution >= 4 is 23.6 Å². The van der Waals surface area contributed by atoms with Gasteiger partial charge in [-0.2, -0.15) is 0 Å². The molecule has 1 fully saturated rings. The van der Waals surface area contributed by atoms with Crippen LogP contribution in [0.4, 0.5) is 5.69 Å². The molecule has 1 saturated carbocycles. The molecule has 6 heteroatoms. The molecule has 2 aromatic rings. The van der Waals surface area contributed by atoms with Gasteiger partial charge < -0.3 is 20.5 Å². The molecule has 0 saturated heterocycles. The smallest absolute Gasteiger partial charge is 0.250 e. The van der Waals surface area contributed by atoms with Crippen molar-refractivity contribution < 1.29 is 19.1 Å². The van der Waals surface area contributed by atoms with Crippen LogP contribution in [0.25, 0.3) is 6.08 Å². The first-order valence-electron chi connectivity index (χ1n) is 8.79. The number of anilines is 1. The van der Waals surface area contributed by atoms with E-state index in [2.05, 4.69) is 5.32 Å². The number of para-hydroxylation sites is 1. The van der Waals surface area contributed by atoms with Crippen molar-refractivity contribution in [2.24, 2.45) is 5.73 Å². The second kappa shape index (κ2) is 8.40. The average molecular weight is 366 g/mol. The van der Waals surface area contributed by atoms with Crippen molar-refractivity contribution in [2.75, 3.05) is 12.4 Å². The number of nitrogens with two attached hydrogens (primary N) is 1. The van der Waals surface area contributed by atoms with Gasteiger partial charge in [0.25, 0.3) is 5.91 Å². The third kappa shape index (κ3) is 4.67. The van der Waals surface area contributed by atoms with E-state index in [0.29, 0.717) is 17.2 Å². The van der Waals surface area contributed by atoms with Gasteiger partial charge in [0.1, 0.15) is 0 Å². The fourth-order valence-corrected chi connectivity index (χ4v) is 2.71. The van der Waals surface area contributed by atoms with Gasteiger partial charge in [0.05, 0.1) is 24.5 Å². The number of carbonyl (C=O) groups is 2. The van der Waals surface area contributed by atoms with Gasteiger partial charge in [-0.3, -0.25) is 9.59 Å². The first-order valence-corrected chi connectivity index (χ1v) is 8.79. The zero-order valence-electron chi connectivity index (χ0n) is 15.1. The monoisotopic (exact) mass is 366 g/mol. The van der Waals surface area contributed by atoms with Crippen LogP contribution in [0.5, 0.6) is 11.5 Å². The maximum Gasteiger partial charge on any atom is 0.250 e. The summed E-state index contributed by atoms with van der Waals surface area (Å²) in [5.74, 6) is 0.377. The number of methoxy groups -OCH3 is 1. The van der Waals surface area contributed by atoms with E-state index in [4.69, 9.17) is 15.2 Å². The molecule has 0 aliphatic heterocycles. The molecule has 6 nitrogen and oxygen atoms in total. The van der Waals surface area contributed by atoms with Gasteiger partial charge in [0, 0.05) is 6.08 Å². The van der Waals surface area contributed by atoms with Gasteiger partial charge in [0.15, 0.2) is 11.5 Å². The van der Waals surface area contributed by atoms with Gasteiger partial charge in [-0.15, -0.1) is 0 Å². The van der Waals surface area contributed by atoms with Crippen LogP contribution in [0.1, 0.15) is 35.2 Å². The third-order valence-electron chi connectivity index (χ3n) is 4.41. The Bertz CT molecular complexity index is 872. The zero-order chi connectivity index (χ0) is 19.2. The van der Waals surface area contributed by atoms with E-state index in [9.17, 15) is 9.59 Å². The van der Waals surface area contributed by atoms with Crippen LogP contribution in [0, 0.1) is 0 Å². The highest BCUT2D eigenvalue weighted by Crippen LogP contribution is 2.33. The van der Waals surface area contributed by atoms with Gasteiger partial charge in [-0.05, 0) is 55.2 Å². The number of hydrogen-bond acceptors (Lipinski definition) is 4. The number of amides is 2. The fraction of sp³-hybridized carbons (Fsp3) is 0.238. The first-order chi connectivity index (χ1) is 13.1. The van der Waals surface area contributed by atoms with Crippen LogP contribution in [0.3, 0.4) is 0 Å². The SMILES string of the molecule is COc1cc(/C=C/C(=O)Nc2ccccc2C(N)=O)ccc1OC1CCC1. The van der Waals surface area contributed by atoms with Crippen molar-refractivity contribution in [2.45, 2.75) is 25.4 Å². The molecule has 0 spiro atoms. The molecule has 3 N–H and O–H groups in total. The number of nitrogens with one attached hydrogen (secondary N) is 1. The quantitative estimate of drug-likeness (QED) is 0.735. The molecule has 27 heavy (non-hydrogen) atoms. The van der Waals surface area contributed by atoms with Crippen LogP contribution in [-0.4, -0.2) is 25.0 Å². The van der Waals surface area contributed by atoms with Crippen molar-refractivity contribution in [3.8, 4) is 11.5 Å². The zero-order valence-corrected chi connectivity index (χ0v) is 15.1. The van der Waals surface area contributed by atoms with E-state index in [1.807, 2.05) is 18.2 Å². The Labute approximate surface area is 158 Å². The van der Waals surface area contributed by atoms with Crippen molar-refractivity contribution in [1.29, 1.82) is 0 Å². The largest absolute Gasteiger partial charge is 0.493 e. The molecular weight excluding hydrogens is 344 g/mol. The fourth-order valence-electron chi connectivity index (χ4n) is 2.71. The van der Waals surface area contributed by atoms with Crippen LogP contribution < -0.4 is 20.5 Å². The molecule has 3 rings (SSSR count). The molecule has 0 bridgehead atoms. The van der Waals surface area contributed by atoms with Crippen LogP contribution in [0.2, 0.25) is 0 Å². The van der Waals surface area contributed by atoms with E-state index in [-0.39, 0.29) is 17.6 Å². The van der Waals surface area contributed by atoms with Gasteiger partial charge in [0.2, 0.25) is 5.91 Å². The predicted octanol–water partition coefficient (Wildman–Crippen LogP) is 3.38. The summed E-state index contributed by atoms with van der Waals surface area (Å²) in [6.07, 6.45) is 6.64. The summed E-state index contributed by atoms with van der Waals surface area (Å²) in [5, 5.41) is 2.66. The lowest BCUT2D eigenvalue weighted by atomic mass is 9.96. The molecule has 0 atom stereocenters. The first kappa shape index (κ1) is 18.5. The van der Waals surface area contributed by atoms with E-state index in [1.165, 1.54) is 12.5 Å². The molecule has 0 unspecified atom stereocenters. The lowest BCUT2D eigenvalue weighted by Crippen LogP contribution is -2.24. The van der Waals surface area contributed by atoms with Crippen LogP contribution in [0.15, 0.2) is 48.5 Å². The second-order valence-corrected chi connectivity index (χ2v) is 6.31. The van der Waals surface area contributed by atoms with E-state index >= 15 is 0 Å². The highest BCUT2D eigenvalue weighted by atomic mass is 16.5. The normalized spacial score (nSPS) is 13.8. The summed E-state index contributed by atoms with van der Waals surface area (Å²) in [6, 6.07) is 12.1. The van der Waals surface area contributed by atoms with E-state index in [1.54, 1.807) is 37.5 Å². The lowest BCUT2D eigenvalue weighted by molar-refractivity contribution is -0.111. The highest BCUT2D eigenvalue weighted by Gasteiger charge is 2.20. The maximum absolute atomic E-state index is 12.2. The van der Waals surface area contributed by atoms with Crippen LogP contribution in [-0.2, 0) is 4.79 Å². The van der Waals surface area contributed by atoms with Crippen molar-refractivity contribution in [1.82, 2.24) is 0 Å². The summed E-state index contributed by atoms with van der Waals surface area (Å²) in [6.45, 7) is 0. The van der Waals surface area contributed by atoms with Crippen LogP contribution >= 0.6 is 0 Å². The standard InChI is InChI=1S/C21H22N2O4/c1-26-19-13-14(9-11-18(19)27-15-5-4-6-15)10-12-20(24)23-17-8-3-2-7-16(17)21(22)25/h2-3,7-13,15H,4-6H2,1H3,(H2,22,25)(H,23,24)/b12-10+. The Morgan fingerprint density at radius 2 is 1.93 bits per heavy atom. The van der Waals surface area contributed by atoms with E-state index in [0.717, 1.165) is 18.4 Å². The number of carbonyl (C=O) groups excluding carboxylic acids is 2. The minimum absolute atomic E-state index is 0.261. The number of rotatable bonds is 7. The van der Waals surface area contributed by atoms with Gasteiger partial charge in [-0.25, -0.2) is 0 Å². The topological polar surface area (TPSA) is 90.6 Å². The lowest BCUT2D eigenvalue weighted by Gasteiger charge is -2.27. The summed E-state index contributed by atoms with van der Waals surface area (Å²) >= 11 is 0. The third-order valence-corrected chi connectivity index (χ3v) is 4.41. The molecular formula is C21H22N2O4. The number of benzene rings is 2. The minimum atomic E-state index is -0.596. The summed E-state index contributed by atoms with van der Waals surface area (Å²) < 4.78 is 11.3. The second-order valence-electron chi connectivity index (χ2n) is 6.31. The predicted molar refractivity (Wildman–Crippen MR) is 104 cm³/mol. The van der Waals surface area contributed by atoms with Crippen molar-refractivity contribution in [3.63, 3.8) is 0 Å². The molecule has 1 aliphatic rings. The molecule has 0 aromatic heterocycles. The number of primary amides is 1. The molecule has 0 radical (unpaired) electrons. The molecule has 140 valence electrons. The molecule has 0 heterocycles. The Hall–Kier alpha value is -3.28. The minimum Gasteiger partial charge on any atom is -0.493 e. The summed E-state index contributed by atoms with van der Waals surface area (Å²) in [5.41, 5.74) is 6.75. The summed E-state index contributed by atoms with van der Waals surface area (Å²) in [4.78, 5) is 23.6. The van der Waals surface area contributed by atoms with Gasteiger partial charge >= 0.3 is 0 Å². The molecule has 1 aliphatic carbocycles. The molecule has 2 aromatic carbocycles. The average Bonchev–Trinajstić information content (AvgIpc) is 2.63. The number of hydrogen-bond donors (Lipinski definition) is 2. The van der Waals surface area contributed by atoms with E-state index < -0.39 is 5.91 Å². The highest BCUT2D eigenvalue weighted by molar-refractivity contribution is 6.07. The molecule has 2 amide bonds. The Morgan fingerprint density at radius 3 is 2.59 bits per heavy atom. The Kier molecular flexibility index (Phi) is 5.76. The van der Waals surface area contributed by atoms with Gasteiger partial charge in [-0.1, -0.05) is 18.2 Å².